The Bertz CT molecular complexity index is 1300. The highest BCUT2D eigenvalue weighted by atomic mass is 16.6. The summed E-state index contributed by atoms with van der Waals surface area (Å²) in [6.07, 6.45) is 1.71. The van der Waals surface area contributed by atoms with Gasteiger partial charge in [-0.2, -0.15) is 0 Å². The molecule has 7 heteroatoms. The van der Waals surface area contributed by atoms with E-state index in [1.54, 1.807) is 12.1 Å². The van der Waals surface area contributed by atoms with Crippen LogP contribution in [0.25, 0.3) is 0 Å². The molecular weight excluding hydrogens is 454 g/mol. The third-order valence-corrected chi connectivity index (χ3v) is 7.31. The zero-order chi connectivity index (χ0) is 25.4. The number of non-ortho nitro benzene ring substituents is 1. The van der Waals surface area contributed by atoms with Crippen LogP contribution >= 0.6 is 0 Å². The van der Waals surface area contributed by atoms with Crippen molar-refractivity contribution in [3.63, 3.8) is 0 Å². The van der Waals surface area contributed by atoms with Crippen LogP contribution in [0.3, 0.4) is 0 Å². The van der Waals surface area contributed by atoms with Crippen molar-refractivity contribution in [2.24, 2.45) is 0 Å². The number of hydrogen-bond acceptors (Lipinski definition) is 5. The number of hydrogen-bond donors (Lipinski definition) is 1. The summed E-state index contributed by atoms with van der Waals surface area (Å²) in [5, 5.41) is 14.8. The highest BCUT2D eigenvalue weighted by Crippen LogP contribution is 2.56. The lowest BCUT2D eigenvalue weighted by molar-refractivity contribution is -0.870. The molecule has 1 heterocycles. The van der Waals surface area contributed by atoms with E-state index in [1.165, 1.54) is 11.1 Å². The van der Waals surface area contributed by atoms with Crippen molar-refractivity contribution in [3.8, 4) is 0 Å². The van der Waals surface area contributed by atoms with Gasteiger partial charge in [0.2, 0.25) is 0 Å². The second kappa shape index (κ2) is 9.39. The number of anilines is 1. The maximum absolute atomic E-state index is 12.8. The Labute approximate surface area is 211 Å². The van der Waals surface area contributed by atoms with Crippen LogP contribution in [-0.4, -0.2) is 49.7 Å². The summed E-state index contributed by atoms with van der Waals surface area (Å²) in [6, 6.07) is 21.1. The number of rotatable bonds is 7. The molecule has 0 fully saturated rings. The zero-order valence-corrected chi connectivity index (χ0v) is 20.9. The normalized spacial score (nSPS) is 20.0. The molecule has 3 atom stereocenters. The highest BCUT2D eigenvalue weighted by molar-refractivity contribution is 5.90. The molecule has 5 rings (SSSR count). The van der Waals surface area contributed by atoms with E-state index in [9.17, 15) is 14.9 Å². The molecule has 0 radical (unpaired) electrons. The zero-order valence-electron chi connectivity index (χ0n) is 20.9. The number of fused-ring (bicyclic) bond motifs is 5. The van der Waals surface area contributed by atoms with Gasteiger partial charge in [0.05, 0.1) is 50.8 Å². The van der Waals surface area contributed by atoms with E-state index >= 15 is 0 Å². The van der Waals surface area contributed by atoms with E-state index in [-0.39, 0.29) is 34.5 Å². The van der Waals surface area contributed by atoms with Crippen molar-refractivity contribution < 1.29 is 18.9 Å². The standard InChI is InChI=1S/C29H31N3O4/c1-32(2,3)15-6-16-36-29(33)21-11-14-26-24(18-21)25-17-20-7-4-5-8-23(20)27(25)28(30-26)19-9-12-22(13-10-19)31(34)35/h4-5,7-14,18,25,27-28H,6,15-17H2,1-3H3/p+1. The minimum Gasteiger partial charge on any atom is -0.462 e. The van der Waals surface area contributed by atoms with E-state index in [2.05, 4.69) is 50.7 Å². The van der Waals surface area contributed by atoms with Gasteiger partial charge in [-0.1, -0.05) is 36.4 Å². The van der Waals surface area contributed by atoms with Gasteiger partial charge in [-0.3, -0.25) is 10.1 Å². The Kier molecular flexibility index (Phi) is 6.26. The van der Waals surface area contributed by atoms with Gasteiger partial charge in [0.15, 0.2) is 0 Å². The molecule has 1 aliphatic heterocycles. The molecule has 0 bridgehead atoms. The van der Waals surface area contributed by atoms with E-state index in [0.717, 1.165) is 40.7 Å². The molecule has 0 amide bonds. The topological polar surface area (TPSA) is 81.5 Å². The average Bonchev–Trinajstić information content (AvgIpc) is 3.25. The van der Waals surface area contributed by atoms with Crippen molar-refractivity contribution in [2.45, 2.75) is 30.7 Å². The lowest BCUT2D eigenvalue weighted by atomic mass is 9.75. The number of esters is 1. The fourth-order valence-electron chi connectivity index (χ4n) is 5.61. The molecule has 0 saturated heterocycles. The molecule has 3 aromatic rings. The Morgan fingerprint density at radius 3 is 2.53 bits per heavy atom. The van der Waals surface area contributed by atoms with Gasteiger partial charge in [-0.15, -0.1) is 0 Å². The number of nitrogens with zero attached hydrogens (tertiary/aromatic N) is 2. The fraction of sp³-hybridized carbons (Fsp3) is 0.345. The third-order valence-electron chi connectivity index (χ3n) is 7.31. The Morgan fingerprint density at radius 2 is 1.81 bits per heavy atom. The van der Waals surface area contributed by atoms with Gasteiger partial charge in [0.1, 0.15) is 0 Å². The van der Waals surface area contributed by atoms with E-state index in [0.29, 0.717) is 12.2 Å². The van der Waals surface area contributed by atoms with Crippen LogP contribution < -0.4 is 5.32 Å². The number of carbonyl (C=O) groups excluding carboxylic acids is 1. The van der Waals surface area contributed by atoms with E-state index in [4.69, 9.17) is 4.74 Å². The lowest BCUT2D eigenvalue weighted by Crippen LogP contribution is -2.35. The van der Waals surface area contributed by atoms with Crippen LogP contribution in [0.5, 0.6) is 0 Å². The molecule has 3 unspecified atom stereocenters. The van der Waals surface area contributed by atoms with E-state index in [1.807, 2.05) is 30.3 Å². The number of benzene rings is 3. The van der Waals surface area contributed by atoms with Gasteiger partial charge in [-0.25, -0.2) is 4.79 Å². The average molecular weight is 487 g/mol. The van der Waals surface area contributed by atoms with Gasteiger partial charge < -0.3 is 14.5 Å². The number of nitro benzene ring substituents is 1. The smallest absolute Gasteiger partial charge is 0.338 e. The summed E-state index contributed by atoms with van der Waals surface area (Å²) >= 11 is 0. The van der Waals surface area contributed by atoms with Crippen LogP contribution in [0.4, 0.5) is 11.4 Å². The van der Waals surface area contributed by atoms with E-state index < -0.39 is 0 Å². The SMILES string of the molecule is C[N+](C)(C)CCCOC(=O)c1ccc2c(c1)C1Cc3ccccc3C1C(c1ccc([N+](=O)[O-])cc1)N2. The van der Waals surface area contributed by atoms with Crippen molar-refractivity contribution in [1.82, 2.24) is 0 Å². The largest absolute Gasteiger partial charge is 0.462 e. The Morgan fingerprint density at radius 1 is 1.06 bits per heavy atom. The summed E-state index contributed by atoms with van der Waals surface area (Å²) in [5.41, 5.74) is 6.38. The maximum Gasteiger partial charge on any atom is 0.338 e. The quantitative estimate of drug-likeness (QED) is 0.158. The second-order valence-corrected chi connectivity index (χ2v) is 10.8. The summed E-state index contributed by atoms with van der Waals surface area (Å²) in [7, 11) is 6.37. The molecule has 1 aliphatic carbocycles. The third kappa shape index (κ3) is 4.71. The number of carbonyl (C=O) groups is 1. The Hall–Kier alpha value is -3.71. The van der Waals surface area contributed by atoms with Gasteiger partial charge >= 0.3 is 5.97 Å². The fourth-order valence-corrected chi connectivity index (χ4v) is 5.61. The highest BCUT2D eigenvalue weighted by Gasteiger charge is 2.43. The first-order chi connectivity index (χ1) is 17.2. The van der Waals surface area contributed by atoms with Gasteiger partial charge in [0, 0.05) is 30.2 Å². The number of nitro groups is 1. The maximum atomic E-state index is 12.8. The number of quaternary nitrogens is 1. The summed E-state index contributed by atoms with van der Waals surface area (Å²) in [4.78, 5) is 23.6. The minimum absolute atomic E-state index is 0.0275. The van der Waals surface area contributed by atoms with Crippen molar-refractivity contribution in [1.29, 1.82) is 0 Å². The molecule has 3 aromatic carbocycles. The molecule has 2 aliphatic rings. The van der Waals surface area contributed by atoms with Crippen LogP contribution in [-0.2, 0) is 11.2 Å². The summed E-state index contributed by atoms with van der Waals surface area (Å²) < 4.78 is 6.42. The first kappa shape index (κ1) is 24.0. The minimum atomic E-state index is -0.371. The number of ether oxygens (including phenoxy) is 1. The van der Waals surface area contributed by atoms with Gasteiger partial charge in [0.25, 0.3) is 5.69 Å². The second-order valence-electron chi connectivity index (χ2n) is 10.8. The Balaban J connectivity index is 1.44. The summed E-state index contributed by atoms with van der Waals surface area (Å²) in [6.45, 7) is 1.34. The van der Waals surface area contributed by atoms with Gasteiger partial charge in [-0.05, 0) is 52.8 Å². The monoisotopic (exact) mass is 486 g/mol. The van der Waals surface area contributed by atoms with Crippen LogP contribution in [0, 0.1) is 10.1 Å². The van der Waals surface area contributed by atoms with Crippen LogP contribution in [0.1, 0.15) is 56.9 Å². The predicted molar refractivity (Wildman–Crippen MR) is 139 cm³/mol. The first-order valence-electron chi connectivity index (χ1n) is 12.4. The van der Waals surface area contributed by atoms with Crippen molar-refractivity contribution in [2.75, 3.05) is 39.6 Å². The van der Waals surface area contributed by atoms with Crippen LogP contribution in [0.2, 0.25) is 0 Å². The molecule has 36 heavy (non-hydrogen) atoms. The molecular formula is C29H32N3O4+. The molecule has 0 saturated carbocycles. The van der Waals surface area contributed by atoms with Crippen LogP contribution in [0.15, 0.2) is 66.7 Å². The van der Waals surface area contributed by atoms with Crippen molar-refractivity contribution >= 4 is 17.3 Å². The molecule has 186 valence electrons. The molecule has 0 spiro atoms. The first-order valence-corrected chi connectivity index (χ1v) is 12.4. The molecule has 0 aromatic heterocycles. The predicted octanol–water partition coefficient (Wildman–Crippen LogP) is 5.44. The number of nitrogens with one attached hydrogen (secondary N) is 1. The summed E-state index contributed by atoms with van der Waals surface area (Å²) in [5.74, 6) is 0.0690. The lowest BCUT2D eigenvalue weighted by Gasteiger charge is -2.38. The molecule has 1 N–H and O–H groups in total. The molecule has 7 nitrogen and oxygen atoms in total. The van der Waals surface area contributed by atoms with Crippen molar-refractivity contribution in [3.05, 3.63) is 105 Å².